The van der Waals surface area contributed by atoms with Crippen LogP contribution in [0.2, 0.25) is 0 Å². The molecule has 1 aliphatic heterocycles. The van der Waals surface area contributed by atoms with Crippen LogP contribution < -0.4 is 5.32 Å². The summed E-state index contributed by atoms with van der Waals surface area (Å²) in [5.74, 6) is -0.365. The van der Waals surface area contributed by atoms with Crippen molar-refractivity contribution in [2.24, 2.45) is 0 Å². The van der Waals surface area contributed by atoms with Crippen LogP contribution in [-0.4, -0.2) is 10.2 Å². The highest BCUT2D eigenvalue weighted by Gasteiger charge is 2.24. The summed E-state index contributed by atoms with van der Waals surface area (Å²) in [4.78, 5) is 0. The van der Waals surface area contributed by atoms with E-state index in [0.29, 0.717) is 11.1 Å². The van der Waals surface area contributed by atoms with Gasteiger partial charge in [-0.3, -0.25) is 0 Å². The van der Waals surface area contributed by atoms with E-state index in [1.807, 2.05) is 24.3 Å². The molecule has 1 unspecified atom stereocenters. The van der Waals surface area contributed by atoms with E-state index in [0.717, 1.165) is 12.1 Å². The minimum Gasteiger partial charge on any atom is -0.504 e. The maximum Gasteiger partial charge on any atom is 0.157 e. The van der Waals surface area contributed by atoms with E-state index in [1.54, 1.807) is 12.1 Å². The topological polar surface area (TPSA) is 76.3 Å². The Morgan fingerprint density at radius 2 is 2.00 bits per heavy atom. The van der Waals surface area contributed by atoms with Crippen LogP contribution in [0.1, 0.15) is 22.7 Å². The summed E-state index contributed by atoms with van der Waals surface area (Å²) in [5, 5.41) is 31.6. The average Bonchev–Trinajstić information content (AvgIpc) is 2.92. The lowest BCUT2D eigenvalue weighted by Gasteiger charge is -2.11. The van der Waals surface area contributed by atoms with Crippen molar-refractivity contribution in [3.05, 3.63) is 64.7 Å². The minimum atomic E-state index is -0.194. The molecule has 104 valence electrons. The Balaban J connectivity index is 1.98. The molecular weight excluding hydrogens is 264 g/mol. The molecule has 0 spiro atoms. The third kappa shape index (κ3) is 2.47. The van der Waals surface area contributed by atoms with E-state index in [1.165, 1.54) is 17.7 Å². The molecule has 0 saturated heterocycles. The van der Waals surface area contributed by atoms with Crippen LogP contribution >= 0.6 is 0 Å². The van der Waals surface area contributed by atoms with Crippen LogP contribution in [0.3, 0.4) is 0 Å². The highest BCUT2D eigenvalue weighted by atomic mass is 16.3. The predicted molar refractivity (Wildman–Crippen MR) is 79.4 cm³/mol. The zero-order valence-corrected chi connectivity index (χ0v) is 11.2. The smallest absolute Gasteiger partial charge is 0.157 e. The molecule has 21 heavy (non-hydrogen) atoms. The summed E-state index contributed by atoms with van der Waals surface area (Å²) in [7, 11) is 0. The molecule has 0 saturated carbocycles. The molecule has 0 fully saturated rings. The van der Waals surface area contributed by atoms with Gasteiger partial charge in [0.05, 0.1) is 17.7 Å². The first-order valence-electron chi connectivity index (χ1n) is 6.64. The fourth-order valence-corrected chi connectivity index (χ4v) is 2.57. The van der Waals surface area contributed by atoms with Crippen molar-refractivity contribution in [3.63, 3.8) is 0 Å². The Hall–Kier alpha value is -2.77. The van der Waals surface area contributed by atoms with Crippen LogP contribution in [0, 0.1) is 11.3 Å². The highest BCUT2D eigenvalue weighted by Crippen LogP contribution is 2.32. The molecule has 0 amide bonds. The minimum absolute atomic E-state index is 0.137. The summed E-state index contributed by atoms with van der Waals surface area (Å²) in [6.45, 7) is 0.737. The lowest BCUT2D eigenvalue weighted by atomic mass is 9.97. The second kappa shape index (κ2) is 5.31. The molecule has 1 heterocycles. The van der Waals surface area contributed by atoms with E-state index < -0.39 is 0 Å². The largest absolute Gasteiger partial charge is 0.504 e. The van der Waals surface area contributed by atoms with Crippen molar-refractivity contribution in [1.29, 1.82) is 5.26 Å². The fraction of sp³-hybridized carbons (Fsp3) is 0.118. The Labute approximate surface area is 122 Å². The Bertz CT molecular complexity index is 760. The number of phenolic OH excluding ortho intramolecular Hbond substituents is 2. The van der Waals surface area contributed by atoms with Gasteiger partial charge in [0.1, 0.15) is 0 Å². The van der Waals surface area contributed by atoms with Crippen LogP contribution in [0.25, 0.3) is 6.08 Å². The van der Waals surface area contributed by atoms with Crippen molar-refractivity contribution in [1.82, 2.24) is 5.32 Å². The maximum atomic E-state index is 9.53. The Kier molecular flexibility index (Phi) is 3.35. The number of benzene rings is 2. The average molecular weight is 278 g/mol. The van der Waals surface area contributed by atoms with E-state index in [9.17, 15) is 15.5 Å². The van der Waals surface area contributed by atoms with Gasteiger partial charge in [-0.25, -0.2) is 0 Å². The summed E-state index contributed by atoms with van der Waals surface area (Å²) in [5.41, 5.74) is 3.54. The second-order valence-corrected chi connectivity index (χ2v) is 4.97. The first kappa shape index (κ1) is 13.2. The molecule has 4 nitrogen and oxygen atoms in total. The molecule has 0 aliphatic carbocycles. The summed E-state index contributed by atoms with van der Waals surface area (Å²) < 4.78 is 0. The van der Waals surface area contributed by atoms with Crippen LogP contribution in [-0.2, 0) is 6.54 Å². The zero-order valence-electron chi connectivity index (χ0n) is 11.2. The third-order valence-corrected chi connectivity index (χ3v) is 3.62. The summed E-state index contributed by atoms with van der Waals surface area (Å²) >= 11 is 0. The van der Waals surface area contributed by atoms with Crippen LogP contribution in [0.5, 0.6) is 11.5 Å². The van der Waals surface area contributed by atoms with E-state index >= 15 is 0 Å². The monoisotopic (exact) mass is 278 g/mol. The molecule has 3 rings (SSSR count). The normalized spacial score (nSPS) is 17.3. The molecule has 2 aromatic rings. The molecule has 2 aromatic carbocycles. The number of phenols is 2. The lowest BCUT2D eigenvalue weighted by Crippen LogP contribution is -2.13. The van der Waals surface area contributed by atoms with Gasteiger partial charge in [-0.1, -0.05) is 30.3 Å². The van der Waals surface area contributed by atoms with Gasteiger partial charge in [-0.2, -0.15) is 5.26 Å². The quantitative estimate of drug-likeness (QED) is 0.583. The molecule has 0 aromatic heterocycles. The second-order valence-electron chi connectivity index (χ2n) is 4.97. The number of nitrogens with zero attached hydrogens (tertiary/aromatic N) is 1. The molecule has 1 aliphatic rings. The summed E-state index contributed by atoms with van der Waals surface area (Å²) in [6, 6.07) is 14.6. The van der Waals surface area contributed by atoms with Gasteiger partial charge in [-0.15, -0.1) is 0 Å². The first-order chi connectivity index (χ1) is 10.2. The van der Waals surface area contributed by atoms with E-state index in [2.05, 4.69) is 11.4 Å². The fourth-order valence-electron chi connectivity index (χ4n) is 2.57. The number of hydrogen-bond donors (Lipinski definition) is 3. The van der Waals surface area contributed by atoms with Gasteiger partial charge in [-0.05, 0) is 34.9 Å². The summed E-state index contributed by atoms with van der Waals surface area (Å²) in [6.07, 6.45) is 1.72. The molecule has 0 bridgehead atoms. The Morgan fingerprint density at radius 3 is 2.76 bits per heavy atom. The molecule has 1 atom stereocenters. The molecule has 3 N–H and O–H groups in total. The van der Waals surface area contributed by atoms with E-state index in [-0.39, 0.29) is 17.5 Å². The van der Waals surface area contributed by atoms with Crippen LogP contribution in [0.4, 0.5) is 0 Å². The van der Waals surface area contributed by atoms with Gasteiger partial charge in [0.25, 0.3) is 0 Å². The van der Waals surface area contributed by atoms with Crippen molar-refractivity contribution in [2.45, 2.75) is 12.6 Å². The Morgan fingerprint density at radius 1 is 1.19 bits per heavy atom. The van der Waals surface area contributed by atoms with Crippen LogP contribution in [0.15, 0.2) is 48.0 Å². The number of nitriles is 1. The first-order valence-corrected chi connectivity index (χ1v) is 6.64. The van der Waals surface area contributed by atoms with Crippen molar-refractivity contribution >= 4 is 6.08 Å². The van der Waals surface area contributed by atoms with E-state index in [4.69, 9.17) is 0 Å². The van der Waals surface area contributed by atoms with Gasteiger partial charge < -0.3 is 15.5 Å². The van der Waals surface area contributed by atoms with Gasteiger partial charge in [0.15, 0.2) is 11.5 Å². The number of aromatic hydroxyl groups is 2. The highest BCUT2D eigenvalue weighted by molar-refractivity contribution is 5.63. The standard InChI is InChI=1S/C17H14N2O2/c18-9-13(7-11-5-6-15(20)16(21)8-11)17-14-4-2-1-3-12(14)10-19-17/h1-8,17,19-21H,10H2/b13-7-. The number of fused-ring (bicyclic) bond motifs is 1. The van der Waals surface area contributed by atoms with Crippen molar-refractivity contribution in [3.8, 4) is 17.6 Å². The maximum absolute atomic E-state index is 9.53. The zero-order chi connectivity index (χ0) is 14.8. The number of rotatable bonds is 2. The van der Waals surface area contributed by atoms with Crippen molar-refractivity contribution in [2.75, 3.05) is 0 Å². The molecule has 0 radical (unpaired) electrons. The van der Waals surface area contributed by atoms with Gasteiger partial charge in [0, 0.05) is 6.54 Å². The predicted octanol–water partition coefficient (Wildman–Crippen LogP) is 2.85. The number of hydrogen-bond acceptors (Lipinski definition) is 4. The molecular formula is C17H14N2O2. The third-order valence-electron chi connectivity index (χ3n) is 3.62. The van der Waals surface area contributed by atoms with Crippen molar-refractivity contribution < 1.29 is 10.2 Å². The molecule has 4 heteroatoms. The lowest BCUT2D eigenvalue weighted by molar-refractivity contribution is 0.403. The van der Waals surface area contributed by atoms with Gasteiger partial charge in [0.2, 0.25) is 0 Å². The number of nitrogens with one attached hydrogen (secondary N) is 1. The SMILES string of the molecule is N#C/C(=C/c1ccc(O)c(O)c1)C1NCc2ccccc21. The van der Waals surface area contributed by atoms with Gasteiger partial charge >= 0.3 is 0 Å².